The number of hydrogen-bond donors (Lipinski definition) is 0. The molecule has 106 valence electrons. The molecule has 0 spiro atoms. The van der Waals surface area contributed by atoms with Crippen molar-refractivity contribution in [2.75, 3.05) is 0 Å². The Balaban J connectivity index is 2.41. The zero-order valence-corrected chi connectivity index (χ0v) is 12.2. The van der Waals surface area contributed by atoms with Crippen LogP contribution in [0.3, 0.4) is 0 Å². The summed E-state index contributed by atoms with van der Waals surface area (Å²) in [5.74, 6) is -1.64. The van der Waals surface area contributed by atoms with Gasteiger partial charge in [-0.15, -0.1) is 0 Å². The van der Waals surface area contributed by atoms with Gasteiger partial charge in [0.05, 0.1) is 15.7 Å². The normalized spacial score (nSPS) is 11.6. The van der Waals surface area contributed by atoms with Crippen LogP contribution in [0.4, 0.5) is 8.78 Å². The van der Waals surface area contributed by atoms with Gasteiger partial charge in [0.25, 0.3) is 0 Å². The Morgan fingerprint density at radius 3 is 2.00 bits per heavy atom. The SMILES string of the molecule is O=S(=O)(Cc1ccc(F)cc1Cl)c1ccc(F)cc1Cl. The summed E-state index contributed by atoms with van der Waals surface area (Å²) in [6.07, 6.45) is 0. The molecule has 2 aromatic carbocycles. The van der Waals surface area contributed by atoms with E-state index in [1.165, 1.54) is 6.07 Å². The van der Waals surface area contributed by atoms with E-state index in [1.54, 1.807) is 0 Å². The summed E-state index contributed by atoms with van der Waals surface area (Å²) in [5.41, 5.74) is 0.244. The van der Waals surface area contributed by atoms with E-state index in [-0.39, 0.29) is 20.5 Å². The zero-order valence-electron chi connectivity index (χ0n) is 9.91. The predicted octanol–water partition coefficient (Wildman–Crippen LogP) is 4.25. The lowest BCUT2D eigenvalue weighted by atomic mass is 10.2. The first-order valence-electron chi connectivity index (χ1n) is 5.41. The monoisotopic (exact) mass is 336 g/mol. The van der Waals surface area contributed by atoms with Gasteiger partial charge in [-0.1, -0.05) is 29.3 Å². The molecule has 2 nitrogen and oxygen atoms in total. The van der Waals surface area contributed by atoms with Crippen LogP contribution in [0.2, 0.25) is 10.0 Å². The van der Waals surface area contributed by atoms with E-state index in [4.69, 9.17) is 23.2 Å². The Labute approximate surface area is 124 Å². The van der Waals surface area contributed by atoms with Crippen molar-refractivity contribution >= 4 is 33.0 Å². The van der Waals surface area contributed by atoms with Crippen molar-refractivity contribution in [2.24, 2.45) is 0 Å². The molecule has 0 unspecified atom stereocenters. The standard InChI is InChI=1S/C13H8Cl2F2O2S/c14-11-5-9(16)2-1-8(11)7-20(18,19)13-4-3-10(17)6-12(13)15/h1-6H,7H2. The topological polar surface area (TPSA) is 34.1 Å². The third-order valence-electron chi connectivity index (χ3n) is 2.59. The first kappa shape index (κ1) is 15.2. The molecular weight excluding hydrogens is 329 g/mol. The van der Waals surface area contributed by atoms with Crippen molar-refractivity contribution in [3.8, 4) is 0 Å². The molecule has 0 heterocycles. The Morgan fingerprint density at radius 2 is 1.45 bits per heavy atom. The highest BCUT2D eigenvalue weighted by Crippen LogP contribution is 2.27. The van der Waals surface area contributed by atoms with Crippen LogP contribution >= 0.6 is 23.2 Å². The Morgan fingerprint density at radius 1 is 0.900 bits per heavy atom. The number of rotatable bonds is 3. The molecule has 0 aliphatic rings. The summed E-state index contributed by atoms with van der Waals surface area (Å²) < 4.78 is 50.3. The lowest BCUT2D eigenvalue weighted by molar-refractivity contribution is 0.593. The molecule has 0 aliphatic carbocycles. The quantitative estimate of drug-likeness (QED) is 0.785. The Bertz CT molecular complexity index is 761. The number of sulfone groups is 1. The molecule has 0 atom stereocenters. The first-order chi connectivity index (χ1) is 9.29. The molecule has 2 rings (SSSR count). The van der Waals surface area contributed by atoms with Gasteiger partial charge in [-0.3, -0.25) is 0 Å². The van der Waals surface area contributed by atoms with Gasteiger partial charge >= 0.3 is 0 Å². The van der Waals surface area contributed by atoms with Crippen molar-refractivity contribution in [3.05, 3.63) is 63.6 Å². The highest BCUT2D eigenvalue weighted by Gasteiger charge is 2.20. The molecule has 0 saturated heterocycles. The molecule has 0 aromatic heterocycles. The van der Waals surface area contributed by atoms with Crippen molar-refractivity contribution in [3.63, 3.8) is 0 Å². The summed E-state index contributed by atoms with van der Waals surface area (Å²) in [5, 5.41) is -0.199. The molecule has 0 aliphatic heterocycles. The largest absolute Gasteiger partial charge is 0.223 e. The fraction of sp³-hybridized carbons (Fsp3) is 0.0769. The zero-order chi connectivity index (χ0) is 14.9. The van der Waals surface area contributed by atoms with Crippen LogP contribution in [-0.2, 0) is 15.6 Å². The average Bonchev–Trinajstić information content (AvgIpc) is 2.32. The molecule has 0 fully saturated rings. The fourth-order valence-corrected chi connectivity index (χ4v) is 3.93. The fourth-order valence-electron chi connectivity index (χ4n) is 1.65. The molecule has 20 heavy (non-hydrogen) atoms. The summed E-state index contributed by atoms with van der Waals surface area (Å²) in [6.45, 7) is 0. The lowest BCUT2D eigenvalue weighted by Crippen LogP contribution is -2.06. The van der Waals surface area contributed by atoms with Gasteiger partial charge in [-0.2, -0.15) is 0 Å². The molecule has 7 heteroatoms. The summed E-state index contributed by atoms with van der Waals surface area (Å²) >= 11 is 11.5. The van der Waals surface area contributed by atoms with E-state index in [1.807, 2.05) is 0 Å². The third kappa shape index (κ3) is 3.29. The van der Waals surface area contributed by atoms with Gasteiger partial charge in [-0.05, 0) is 35.9 Å². The highest BCUT2D eigenvalue weighted by molar-refractivity contribution is 7.90. The number of hydrogen-bond acceptors (Lipinski definition) is 2. The maximum absolute atomic E-state index is 12.9. The molecule has 0 radical (unpaired) electrons. The molecule has 2 aromatic rings. The van der Waals surface area contributed by atoms with Gasteiger partial charge in [-0.25, -0.2) is 17.2 Å². The summed E-state index contributed by atoms with van der Waals surface area (Å²) in [4.78, 5) is -0.194. The lowest BCUT2D eigenvalue weighted by Gasteiger charge is -2.08. The van der Waals surface area contributed by atoms with Crippen molar-refractivity contribution in [2.45, 2.75) is 10.6 Å². The minimum Gasteiger partial charge on any atom is -0.223 e. The van der Waals surface area contributed by atoms with Crippen LogP contribution in [0.5, 0.6) is 0 Å². The Kier molecular flexibility index (Phi) is 4.32. The predicted molar refractivity (Wildman–Crippen MR) is 73.7 cm³/mol. The van der Waals surface area contributed by atoms with Gasteiger partial charge in [0, 0.05) is 5.02 Å². The maximum Gasteiger partial charge on any atom is 0.184 e. The van der Waals surface area contributed by atoms with Crippen LogP contribution < -0.4 is 0 Å². The summed E-state index contributed by atoms with van der Waals surface area (Å²) in [6, 6.07) is 6.44. The van der Waals surface area contributed by atoms with Crippen LogP contribution in [0, 0.1) is 11.6 Å². The molecular formula is C13H8Cl2F2O2S. The van der Waals surface area contributed by atoms with Gasteiger partial charge < -0.3 is 0 Å². The molecule has 0 saturated carbocycles. The maximum atomic E-state index is 12.9. The van der Waals surface area contributed by atoms with Crippen molar-refractivity contribution in [1.29, 1.82) is 0 Å². The van der Waals surface area contributed by atoms with E-state index in [0.29, 0.717) is 0 Å². The van der Waals surface area contributed by atoms with E-state index >= 15 is 0 Å². The van der Waals surface area contributed by atoms with Crippen molar-refractivity contribution < 1.29 is 17.2 Å². The minimum atomic E-state index is -3.80. The number of benzene rings is 2. The second-order valence-electron chi connectivity index (χ2n) is 4.07. The van der Waals surface area contributed by atoms with Crippen molar-refractivity contribution in [1.82, 2.24) is 0 Å². The van der Waals surface area contributed by atoms with E-state index in [0.717, 1.165) is 30.3 Å². The average molecular weight is 337 g/mol. The van der Waals surface area contributed by atoms with Gasteiger partial charge in [0.2, 0.25) is 0 Å². The Hall–Kier alpha value is -1.17. The summed E-state index contributed by atoms with van der Waals surface area (Å²) in [7, 11) is -3.80. The van der Waals surface area contributed by atoms with Crippen LogP contribution in [0.15, 0.2) is 41.3 Å². The van der Waals surface area contributed by atoms with Crippen LogP contribution in [0.1, 0.15) is 5.56 Å². The van der Waals surface area contributed by atoms with Crippen LogP contribution in [0.25, 0.3) is 0 Å². The van der Waals surface area contributed by atoms with Gasteiger partial charge in [0.1, 0.15) is 11.6 Å². The molecule has 0 bridgehead atoms. The minimum absolute atomic E-state index is 0.00630. The van der Waals surface area contributed by atoms with Crippen LogP contribution in [-0.4, -0.2) is 8.42 Å². The van der Waals surface area contributed by atoms with E-state index in [9.17, 15) is 17.2 Å². The smallest absolute Gasteiger partial charge is 0.184 e. The molecule has 0 amide bonds. The van der Waals surface area contributed by atoms with E-state index < -0.39 is 27.2 Å². The van der Waals surface area contributed by atoms with E-state index in [2.05, 4.69) is 0 Å². The first-order valence-corrected chi connectivity index (χ1v) is 7.82. The second-order valence-corrected chi connectivity index (χ2v) is 6.84. The third-order valence-corrected chi connectivity index (χ3v) is 5.08. The second kappa shape index (κ2) is 5.68. The van der Waals surface area contributed by atoms with Gasteiger partial charge in [0.15, 0.2) is 9.84 Å². The number of halogens is 4. The molecule has 0 N–H and O–H groups in total. The highest BCUT2D eigenvalue weighted by atomic mass is 35.5.